The molecule has 0 atom stereocenters. The highest BCUT2D eigenvalue weighted by Gasteiger charge is 2.18. The lowest BCUT2D eigenvalue weighted by atomic mass is 10.0. The summed E-state index contributed by atoms with van der Waals surface area (Å²) in [5, 5.41) is 8.73. The number of nitrogens with one attached hydrogen (secondary N) is 1. The molecule has 1 N–H and O–H groups in total. The van der Waals surface area contributed by atoms with Gasteiger partial charge in [0.15, 0.2) is 0 Å². The van der Waals surface area contributed by atoms with Gasteiger partial charge in [-0.25, -0.2) is 4.68 Å². The lowest BCUT2D eigenvalue weighted by molar-refractivity contribution is 0.234. The lowest BCUT2D eigenvalue weighted by Gasteiger charge is -2.29. The fourth-order valence-corrected chi connectivity index (χ4v) is 3.78. The van der Waals surface area contributed by atoms with E-state index in [2.05, 4.69) is 78.9 Å². The van der Waals surface area contributed by atoms with Gasteiger partial charge in [0, 0.05) is 29.9 Å². The molecule has 4 rings (SSSR count). The number of nitrogens with zero attached hydrogens (tertiary/aromatic N) is 3. The Morgan fingerprint density at radius 1 is 1.00 bits per heavy atom. The number of para-hydroxylation sites is 1. The van der Waals surface area contributed by atoms with Crippen LogP contribution < -0.4 is 5.32 Å². The van der Waals surface area contributed by atoms with Crippen molar-refractivity contribution in [3.05, 3.63) is 71.9 Å². The Hall–Kier alpha value is -2.43. The third-order valence-electron chi connectivity index (χ3n) is 5.51. The largest absolute Gasteiger partial charge is 0.310 e. The summed E-state index contributed by atoms with van der Waals surface area (Å²) in [6.45, 7) is 5.35. The summed E-state index contributed by atoms with van der Waals surface area (Å²) in [5.74, 6) is 0. The Bertz CT molecular complexity index is 876. The number of rotatable bonds is 5. The molecule has 1 saturated heterocycles. The minimum absolute atomic E-state index is 0.589. The monoisotopic (exact) mass is 360 g/mol. The molecule has 1 aromatic heterocycles. The number of piperidine rings is 1. The van der Waals surface area contributed by atoms with Crippen molar-refractivity contribution < 1.29 is 0 Å². The van der Waals surface area contributed by atoms with Gasteiger partial charge in [-0.15, -0.1) is 0 Å². The van der Waals surface area contributed by atoms with Crippen molar-refractivity contribution in [3.8, 4) is 16.9 Å². The van der Waals surface area contributed by atoms with Gasteiger partial charge in [0.25, 0.3) is 0 Å². The van der Waals surface area contributed by atoms with Crippen molar-refractivity contribution in [2.45, 2.75) is 32.4 Å². The number of benzene rings is 2. The summed E-state index contributed by atoms with van der Waals surface area (Å²) in [4.78, 5) is 2.41. The van der Waals surface area contributed by atoms with E-state index in [9.17, 15) is 0 Å². The Balaban J connectivity index is 1.62. The third-order valence-corrected chi connectivity index (χ3v) is 5.51. The predicted molar refractivity (Wildman–Crippen MR) is 111 cm³/mol. The summed E-state index contributed by atoms with van der Waals surface area (Å²) in [5.41, 5.74) is 5.91. The highest BCUT2D eigenvalue weighted by molar-refractivity contribution is 5.66. The van der Waals surface area contributed by atoms with Crippen LogP contribution in [0.5, 0.6) is 0 Å². The van der Waals surface area contributed by atoms with E-state index in [0.717, 1.165) is 17.9 Å². The molecular weight excluding hydrogens is 332 g/mol. The van der Waals surface area contributed by atoms with Crippen LogP contribution in [0.4, 0.5) is 0 Å². The van der Waals surface area contributed by atoms with Crippen LogP contribution >= 0.6 is 0 Å². The van der Waals surface area contributed by atoms with Crippen LogP contribution in [0.2, 0.25) is 0 Å². The molecule has 1 aliphatic rings. The number of hydrogen-bond donors (Lipinski definition) is 1. The maximum atomic E-state index is 4.96. The molecule has 2 aromatic carbocycles. The van der Waals surface area contributed by atoms with E-state index < -0.39 is 0 Å². The second-order valence-corrected chi connectivity index (χ2v) is 7.56. The zero-order chi connectivity index (χ0) is 18.6. The fraction of sp³-hybridized carbons (Fsp3) is 0.348. The Morgan fingerprint density at radius 2 is 1.70 bits per heavy atom. The molecule has 0 unspecified atom stereocenters. The van der Waals surface area contributed by atoms with Gasteiger partial charge in [0.2, 0.25) is 0 Å². The molecule has 27 heavy (non-hydrogen) atoms. The first-order valence-corrected chi connectivity index (χ1v) is 9.82. The lowest BCUT2D eigenvalue weighted by Crippen LogP contribution is -2.40. The van der Waals surface area contributed by atoms with Gasteiger partial charge in [-0.3, -0.25) is 0 Å². The normalized spacial score (nSPS) is 15.9. The number of hydrogen-bond acceptors (Lipinski definition) is 3. The average molecular weight is 361 g/mol. The molecular formula is C23H28N4. The Morgan fingerprint density at radius 3 is 2.44 bits per heavy atom. The predicted octanol–water partition coefficient (Wildman–Crippen LogP) is 4.03. The highest BCUT2D eigenvalue weighted by atomic mass is 15.3. The van der Waals surface area contributed by atoms with Crippen LogP contribution in [-0.2, 0) is 6.54 Å². The van der Waals surface area contributed by atoms with Gasteiger partial charge in [-0.05, 0) is 57.6 Å². The fourth-order valence-electron chi connectivity index (χ4n) is 3.78. The average Bonchev–Trinajstić information content (AvgIpc) is 3.13. The third kappa shape index (κ3) is 4.12. The van der Waals surface area contributed by atoms with Crippen molar-refractivity contribution in [3.63, 3.8) is 0 Å². The molecule has 3 aromatic rings. The van der Waals surface area contributed by atoms with Crippen LogP contribution in [0, 0.1) is 6.92 Å². The molecule has 0 saturated carbocycles. The van der Waals surface area contributed by atoms with E-state index in [1.54, 1.807) is 0 Å². The topological polar surface area (TPSA) is 33.1 Å². The Labute approximate surface area is 161 Å². The Kier molecular flexibility index (Phi) is 5.37. The summed E-state index contributed by atoms with van der Waals surface area (Å²) in [6, 6.07) is 19.5. The molecule has 0 bridgehead atoms. The number of aryl methyl sites for hydroxylation is 1. The summed E-state index contributed by atoms with van der Waals surface area (Å²) >= 11 is 0. The van der Waals surface area contributed by atoms with E-state index in [4.69, 9.17) is 5.10 Å². The van der Waals surface area contributed by atoms with Crippen LogP contribution in [-0.4, -0.2) is 40.9 Å². The van der Waals surface area contributed by atoms with Crippen LogP contribution in [0.3, 0.4) is 0 Å². The minimum Gasteiger partial charge on any atom is -0.310 e. The van der Waals surface area contributed by atoms with Crippen LogP contribution in [0.25, 0.3) is 16.9 Å². The molecule has 0 aliphatic carbocycles. The molecule has 140 valence electrons. The zero-order valence-corrected chi connectivity index (χ0v) is 16.2. The molecule has 2 heterocycles. The van der Waals surface area contributed by atoms with Gasteiger partial charge < -0.3 is 10.2 Å². The quantitative estimate of drug-likeness (QED) is 0.746. The van der Waals surface area contributed by atoms with E-state index in [1.807, 2.05) is 10.7 Å². The van der Waals surface area contributed by atoms with Crippen molar-refractivity contribution in [1.29, 1.82) is 0 Å². The van der Waals surface area contributed by atoms with E-state index >= 15 is 0 Å². The van der Waals surface area contributed by atoms with Gasteiger partial charge >= 0.3 is 0 Å². The van der Waals surface area contributed by atoms with Gasteiger partial charge in [-0.2, -0.15) is 5.10 Å². The molecule has 0 spiro atoms. The van der Waals surface area contributed by atoms with Crippen LogP contribution in [0.15, 0.2) is 60.8 Å². The second-order valence-electron chi connectivity index (χ2n) is 7.56. The maximum Gasteiger partial charge on any atom is 0.0975 e. The second kappa shape index (κ2) is 8.07. The molecule has 1 fully saturated rings. The first-order chi connectivity index (χ1) is 13.2. The van der Waals surface area contributed by atoms with Crippen molar-refractivity contribution in [1.82, 2.24) is 20.0 Å². The van der Waals surface area contributed by atoms with Crippen molar-refractivity contribution >= 4 is 0 Å². The standard InChI is InChI=1S/C23H28N4/c1-18-8-6-7-11-22(18)23-19(16-24-20-12-14-26(2)15-13-20)17-27(25-23)21-9-4-3-5-10-21/h3-11,17,20,24H,12-16H2,1-2H3. The molecule has 4 nitrogen and oxygen atoms in total. The summed E-state index contributed by atoms with van der Waals surface area (Å²) in [6.07, 6.45) is 4.60. The highest BCUT2D eigenvalue weighted by Crippen LogP contribution is 2.27. The van der Waals surface area contributed by atoms with Crippen molar-refractivity contribution in [2.24, 2.45) is 0 Å². The SMILES string of the molecule is Cc1ccccc1-c1nn(-c2ccccc2)cc1CNC1CCN(C)CC1. The minimum atomic E-state index is 0.589. The van der Waals surface area contributed by atoms with Crippen LogP contribution in [0.1, 0.15) is 24.0 Å². The van der Waals surface area contributed by atoms with E-state index in [-0.39, 0.29) is 0 Å². The number of likely N-dealkylation sites (tertiary alicyclic amines) is 1. The molecule has 0 amide bonds. The van der Waals surface area contributed by atoms with Gasteiger partial charge in [-0.1, -0.05) is 42.5 Å². The van der Waals surface area contributed by atoms with E-state index in [1.165, 1.54) is 42.6 Å². The first kappa shape index (κ1) is 18.0. The van der Waals surface area contributed by atoms with Crippen molar-refractivity contribution in [2.75, 3.05) is 20.1 Å². The molecule has 0 radical (unpaired) electrons. The number of aromatic nitrogens is 2. The maximum absolute atomic E-state index is 4.96. The summed E-state index contributed by atoms with van der Waals surface area (Å²) < 4.78 is 2.01. The summed E-state index contributed by atoms with van der Waals surface area (Å²) in [7, 11) is 2.20. The van der Waals surface area contributed by atoms with Gasteiger partial charge in [0.1, 0.15) is 0 Å². The first-order valence-electron chi connectivity index (χ1n) is 9.82. The van der Waals surface area contributed by atoms with Gasteiger partial charge in [0.05, 0.1) is 11.4 Å². The molecule has 4 heteroatoms. The smallest absolute Gasteiger partial charge is 0.0975 e. The van der Waals surface area contributed by atoms with E-state index in [0.29, 0.717) is 6.04 Å². The zero-order valence-electron chi connectivity index (χ0n) is 16.2. The molecule has 1 aliphatic heterocycles.